The molecule has 5 heterocycles. The average molecular weight is 772 g/mol. The maximum absolute atomic E-state index is 15.7. The van der Waals surface area contributed by atoms with E-state index in [-0.39, 0.29) is 51.0 Å². The van der Waals surface area contributed by atoms with Crippen molar-refractivity contribution >= 4 is 40.7 Å². The monoisotopic (exact) mass is 771 g/mol. The van der Waals surface area contributed by atoms with Gasteiger partial charge in [0.05, 0.1) is 67.2 Å². The predicted molar refractivity (Wildman–Crippen MR) is 205 cm³/mol. The van der Waals surface area contributed by atoms with Crippen molar-refractivity contribution in [3.05, 3.63) is 94.8 Å². The molecule has 2 aliphatic rings. The van der Waals surface area contributed by atoms with E-state index in [9.17, 15) is 14.4 Å². The Hall–Kier alpha value is -5.67. The molecule has 7 rings (SSSR count). The molecule has 2 aromatic carbocycles. The molecule has 0 bridgehead atoms. The van der Waals surface area contributed by atoms with Gasteiger partial charge in [0.25, 0.3) is 11.8 Å². The van der Waals surface area contributed by atoms with E-state index in [1.807, 2.05) is 4.90 Å². The zero-order chi connectivity index (χ0) is 39.2. The van der Waals surface area contributed by atoms with Crippen LogP contribution in [-0.4, -0.2) is 110 Å². The third-order valence-electron chi connectivity index (χ3n) is 10.6. The summed E-state index contributed by atoms with van der Waals surface area (Å²) in [7, 11) is 5.89. The number of likely N-dealkylation sites (tertiary alicyclic amines) is 1. The molecule has 2 fully saturated rings. The van der Waals surface area contributed by atoms with E-state index in [0.717, 1.165) is 30.4 Å². The fourth-order valence-corrected chi connectivity index (χ4v) is 7.49. The SMILES string of the molecule is Cc1nn(-c2ccc(N)cn2)cc1-c1ccc(-c2cnc(C(=O)Nc3ccc(C(=O)N4CCN(C(=O)C5CC[N+](C)(C)CC5)CC4)c(Cl)c3)n2C)c(F)c1F. The molecule has 0 atom stereocenters. The highest BCUT2D eigenvalue weighted by Crippen LogP contribution is 2.34. The molecule has 0 aliphatic carbocycles. The number of piperidine rings is 1. The summed E-state index contributed by atoms with van der Waals surface area (Å²) in [6, 6.07) is 10.8. The van der Waals surface area contributed by atoms with Gasteiger partial charge >= 0.3 is 0 Å². The molecule has 3 aromatic heterocycles. The van der Waals surface area contributed by atoms with Gasteiger partial charge in [-0.05, 0) is 43.3 Å². The first-order valence-corrected chi connectivity index (χ1v) is 18.4. The highest BCUT2D eigenvalue weighted by molar-refractivity contribution is 6.34. The number of hydrogen-bond acceptors (Lipinski definition) is 7. The molecular formula is C39H42ClF2N10O3+. The Morgan fingerprint density at radius 1 is 0.891 bits per heavy atom. The minimum atomic E-state index is -1.11. The summed E-state index contributed by atoms with van der Waals surface area (Å²) in [6.45, 7) is 5.36. The molecule has 13 nitrogen and oxygen atoms in total. The molecule has 0 saturated carbocycles. The van der Waals surface area contributed by atoms with E-state index in [2.05, 4.69) is 34.5 Å². The Labute approximate surface area is 321 Å². The van der Waals surface area contributed by atoms with Crippen molar-refractivity contribution in [2.75, 3.05) is 64.4 Å². The number of aromatic nitrogens is 5. The van der Waals surface area contributed by atoms with Crippen molar-refractivity contribution in [3.8, 4) is 28.2 Å². The zero-order valence-corrected chi connectivity index (χ0v) is 31.8. The highest BCUT2D eigenvalue weighted by Gasteiger charge is 2.35. The lowest BCUT2D eigenvalue weighted by Crippen LogP contribution is -2.54. The van der Waals surface area contributed by atoms with Crippen LogP contribution < -0.4 is 11.1 Å². The highest BCUT2D eigenvalue weighted by atomic mass is 35.5. The molecule has 16 heteroatoms. The van der Waals surface area contributed by atoms with Crippen LogP contribution in [0.1, 0.15) is 39.5 Å². The van der Waals surface area contributed by atoms with E-state index in [0.29, 0.717) is 54.6 Å². The molecular weight excluding hydrogens is 730 g/mol. The maximum atomic E-state index is 15.7. The van der Waals surface area contributed by atoms with Crippen LogP contribution in [0.25, 0.3) is 28.2 Å². The van der Waals surface area contributed by atoms with Crippen molar-refractivity contribution in [2.45, 2.75) is 19.8 Å². The smallest absolute Gasteiger partial charge is 0.291 e. The molecule has 2 saturated heterocycles. The van der Waals surface area contributed by atoms with Crippen molar-refractivity contribution in [1.29, 1.82) is 0 Å². The second-order valence-electron chi connectivity index (χ2n) is 14.8. The molecule has 286 valence electrons. The van der Waals surface area contributed by atoms with Gasteiger partial charge < -0.3 is 29.9 Å². The maximum Gasteiger partial charge on any atom is 0.291 e. The van der Waals surface area contributed by atoms with Gasteiger partial charge in [0, 0.05) is 80.6 Å². The van der Waals surface area contributed by atoms with Crippen molar-refractivity contribution < 1.29 is 27.6 Å². The summed E-state index contributed by atoms with van der Waals surface area (Å²) >= 11 is 6.55. The molecule has 3 amide bonds. The predicted octanol–water partition coefficient (Wildman–Crippen LogP) is 5.18. The topological polar surface area (TPSA) is 144 Å². The van der Waals surface area contributed by atoms with E-state index in [4.69, 9.17) is 17.3 Å². The lowest BCUT2D eigenvalue weighted by molar-refractivity contribution is -0.895. The number of carbonyl (C=O) groups excluding carboxylic acids is 3. The first kappa shape index (κ1) is 37.6. The Balaban J connectivity index is 0.996. The largest absolute Gasteiger partial charge is 0.397 e. The van der Waals surface area contributed by atoms with Crippen LogP contribution in [0.2, 0.25) is 5.02 Å². The fourth-order valence-electron chi connectivity index (χ4n) is 7.23. The Kier molecular flexibility index (Phi) is 10.2. The normalized spacial score (nSPS) is 16.0. The number of nitrogen functional groups attached to an aromatic ring is 1. The first-order valence-electron chi connectivity index (χ1n) is 18.0. The Bertz CT molecular complexity index is 2290. The fraction of sp³-hybridized carbons (Fsp3) is 0.333. The number of nitrogens with one attached hydrogen (secondary N) is 1. The number of aryl methyl sites for hydroxylation is 1. The van der Waals surface area contributed by atoms with Crippen molar-refractivity contribution in [1.82, 2.24) is 34.1 Å². The number of carbonyl (C=O) groups is 3. The first-order chi connectivity index (χ1) is 26.2. The number of anilines is 2. The number of halogens is 3. The second kappa shape index (κ2) is 14.9. The van der Waals surface area contributed by atoms with Crippen LogP contribution in [0.5, 0.6) is 0 Å². The average Bonchev–Trinajstić information content (AvgIpc) is 3.74. The number of imidazole rings is 1. The number of nitrogens with zero attached hydrogens (tertiary/aromatic N) is 8. The number of quaternary nitrogens is 1. The standard InChI is InChI=1S/C39H41ClF2N10O3/c1-23-30(22-51(47-23)33-10-5-25(43)20-44-33)27-8-9-29(35(42)34(27)41)32-21-45-36(48(32)2)37(53)46-26-6-7-28(31(40)19-26)39(55)50-15-13-49(14-16-50)38(54)24-11-17-52(3,4)18-12-24/h5-10,19-22,24H,11-18,43H2,1-4H3/p+1. The second-order valence-corrected chi connectivity index (χ2v) is 15.2. The van der Waals surface area contributed by atoms with Gasteiger partial charge in [-0.3, -0.25) is 14.4 Å². The number of benzene rings is 2. The van der Waals surface area contributed by atoms with Gasteiger partial charge in [-0.25, -0.2) is 23.4 Å². The van der Waals surface area contributed by atoms with E-state index < -0.39 is 17.5 Å². The van der Waals surface area contributed by atoms with Crippen LogP contribution in [0.15, 0.2) is 61.1 Å². The van der Waals surface area contributed by atoms with Gasteiger partial charge in [0.1, 0.15) is 0 Å². The summed E-state index contributed by atoms with van der Waals surface area (Å²) in [4.78, 5) is 51.8. The van der Waals surface area contributed by atoms with Crippen molar-refractivity contribution in [2.24, 2.45) is 13.0 Å². The lowest BCUT2D eigenvalue weighted by Gasteiger charge is -2.40. The summed E-state index contributed by atoms with van der Waals surface area (Å²) in [5.74, 6) is -2.48. The van der Waals surface area contributed by atoms with Gasteiger partial charge in [-0.15, -0.1) is 0 Å². The third kappa shape index (κ3) is 7.54. The number of nitrogens with two attached hydrogens (primary N) is 1. The molecule has 0 radical (unpaired) electrons. The molecule has 0 unspecified atom stereocenters. The van der Waals surface area contributed by atoms with Crippen LogP contribution >= 0.6 is 11.6 Å². The minimum absolute atomic E-state index is 0.00941. The van der Waals surface area contributed by atoms with Gasteiger partial charge in [0.15, 0.2) is 23.3 Å². The third-order valence-corrected chi connectivity index (χ3v) is 10.9. The molecule has 55 heavy (non-hydrogen) atoms. The summed E-state index contributed by atoms with van der Waals surface area (Å²) in [5.41, 5.74) is 7.73. The van der Waals surface area contributed by atoms with E-state index in [1.54, 1.807) is 42.3 Å². The van der Waals surface area contributed by atoms with E-state index >= 15 is 8.78 Å². The van der Waals surface area contributed by atoms with Gasteiger partial charge in [0.2, 0.25) is 5.91 Å². The molecule has 5 aromatic rings. The molecule has 2 aliphatic heterocycles. The molecule has 0 spiro atoms. The minimum Gasteiger partial charge on any atom is -0.397 e. The summed E-state index contributed by atoms with van der Waals surface area (Å²) in [5, 5.41) is 7.27. The van der Waals surface area contributed by atoms with Crippen LogP contribution in [0.3, 0.4) is 0 Å². The Morgan fingerprint density at radius 3 is 2.24 bits per heavy atom. The number of rotatable bonds is 7. The van der Waals surface area contributed by atoms with Crippen LogP contribution in [-0.2, 0) is 11.8 Å². The zero-order valence-electron chi connectivity index (χ0n) is 31.0. The number of amides is 3. The number of hydrogen-bond donors (Lipinski definition) is 2. The van der Waals surface area contributed by atoms with Crippen LogP contribution in [0, 0.1) is 24.5 Å². The Morgan fingerprint density at radius 2 is 1.56 bits per heavy atom. The van der Waals surface area contributed by atoms with E-state index in [1.165, 1.54) is 46.9 Å². The number of pyridine rings is 1. The lowest BCUT2D eigenvalue weighted by atomic mass is 9.94. The number of piperazine rings is 1. The summed E-state index contributed by atoms with van der Waals surface area (Å²) < 4.78 is 35.1. The summed E-state index contributed by atoms with van der Waals surface area (Å²) in [6.07, 6.45) is 6.08. The van der Waals surface area contributed by atoms with Gasteiger partial charge in [-0.1, -0.05) is 17.7 Å². The van der Waals surface area contributed by atoms with Crippen LogP contribution in [0.4, 0.5) is 20.2 Å². The van der Waals surface area contributed by atoms with Gasteiger partial charge in [-0.2, -0.15) is 5.10 Å². The molecule has 3 N–H and O–H groups in total. The quantitative estimate of drug-likeness (QED) is 0.217. The van der Waals surface area contributed by atoms with Crippen molar-refractivity contribution in [3.63, 3.8) is 0 Å².